The highest BCUT2D eigenvalue weighted by Crippen LogP contribution is 1.98. The van der Waals surface area contributed by atoms with Crippen molar-refractivity contribution in [2.24, 2.45) is 0 Å². The van der Waals surface area contributed by atoms with E-state index >= 15 is 0 Å². The van der Waals surface area contributed by atoms with Gasteiger partial charge in [-0.05, 0) is 12.5 Å². The van der Waals surface area contributed by atoms with Gasteiger partial charge in [0.05, 0.1) is 0 Å². The summed E-state index contributed by atoms with van der Waals surface area (Å²) in [5, 5.41) is 13.5. The Morgan fingerprint density at radius 3 is 2.59 bits per heavy atom. The summed E-state index contributed by atoms with van der Waals surface area (Å²) in [6, 6.07) is 0.0843. The predicted molar refractivity (Wildman–Crippen MR) is 60.5 cm³/mol. The monoisotopic (exact) mass is 238 g/mol. The fraction of sp³-hybridized carbons (Fsp3) is 0.400. The molecule has 0 aliphatic heterocycles. The van der Waals surface area contributed by atoms with Crippen molar-refractivity contribution in [3.8, 4) is 0 Å². The van der Waals surface area contributed by atoms with Crippen molar-refractivity contribution in [3.63, 3.8) is 0 Å². The number of amides is 2. The number of hydrogen-bond acceptors (Lipinski definition) is 4. The van der Waals surface area contributed by atoms with Crippen LogP contribution in [0.25, 0.3) is 0 Å². The first kappa shape index (κ1) is 12.9. The molecule has 7 nitrogen and oxygen atoms in total. The summed E-state index contributed by atoms with van der Waals surface area (Å²) < 4.78 is 0. The lowest BCUT2D eigenvalue weighted by Gasteiger charge is -2.13. The third-order valence-corrected chi connectivity index (χ3v) is 1.97. The smallest absolute Gasteiger partial charge is 0.326 e. The van der Waals surface area contributed by atoms with Gasteiger partial charge in [-0.15, -0.1) is 0 Å². The number of carboxylic acid groups (broad SMARTS) is 1. The summed E-state index contributed by atoms with van der Waals surface area (Å²) in [6.45, 7) is 1.84. The molecule has 0 aromatic carbocycles. The van der Waals surface area contributed by atoms with Crippen LogP contribution in [0.2, 0.25) is 0 Å². The molecule has 0 saturated heterocycles. The number of carbonyl (C=O) groups is 2. The average molecular weight is 238 g/mol. The lowest BCUT2D eigenvalue weighted by atomic mass is 10.2. The molecule has 1 aromatic rings. The van der Waals surface area contributed by atoms with Crippen LogP contribution >= 0.6 is 0 Å². The molecule has 0 radical (unpaired) electrons. The van der Waals surface area contributed by atoms with Gasteiger partial charge >= 0.3 is 12.0 Å². The van der Waals surface area contributed by atoms with E-state index in [2.05, 4.69) is 20.6 Å². The molecule has 0 unspecified atom stereocenters. The number of aromatic nitrogens is 2. The highest BCUT2D eigenvalue weighted by Gasteiger charge is 2.18. The molecule has 0 bridgehead atoms. The van der Waals surface area contributed by atoms with Gasteiger partial charge in [-0.25, -0.2) is 19.6 Å². The van der Waals surface area contributed by atoms with Crippen LogP contribution in [-0.2, 0) is 4.79 Å². The van der Waals surface area contributed by atoms with Gasteiger partial charge in [0.25, 0.3) is 0 Å². The molecular formula is C10H14N4O3. The van der Waals surface area contributed by atoms with E-state index in [4.69, 9.17) is 5.11 Å². The van der Waals surface area contributed by atoms with Crippen LogP contribution in [0.5, 0.6) is 0 Å². The van der Waals surface area contributed by atoms with E-state index in [-0.39, 0.29) is 5.95 Å². The topological polar surface area (TPSA) is 104 Å². The molecule has 0 aliphatic rings. The Labute approximate surface area is 98.3 Å². The Kier molecular flexibility index (Phi) is 4.86. The molecule has 0 saturated carbocycles. The van der Waals surface area contributed by atoms with Crippen LogP contribution in [-0.4, -0.2) is 33.1 Å². The van der Waals surface area contributed by atoms with Gasteiger partial charge in [-0.3, -0.25) is 5.32 Å². The zero-order chi connectivity index (χ0) is 12.7. The summed E-state index contributed by atoms with van der Waals surface area (Å²) in [4.78, 5) is 29.8. The number of rotatable bonds is 5. The Morgan fingerprint density at radius 1 is 1.41 bits per heavy atom. The van der Waals surface area contributed by atoms with Gasteiger partial charge in [-0.2, -0.15) is 0 Å². The largest absolute Gasteiger partial charge is 0.480 e. The molecule has 1 aromatic heterocycles. The van der Waals surface area contributed by atoms with E-state index in [1.54, 1.807) is 6.07 Å². The maximum absolute atomic E-state index is 11.4. The summed E-state index contributed by atoms with van der Waals surface area (Å²) in [5.41, 5.74) is 0. The first-order chi connectivity index (χ1) is 8.13. The van der Waals surface area contributed by atoms with Crippen LogP contribution in [0.4, 0.5) is 10.7 Å². The van der Waals surface area contributed by atoms with E-state index in [0.717, 1.165) is 0 Å². The highest BCUT2D eigenvalue weighted by atomic mass is 16.4. The van der Waals surface area contributed by atoms with E-state index in [9.17, 15) is 9.59 Å². The molecule has 1 heterocycles. The Balaban J connectivity index is 2.51. The van der Waals surface area contributed by atoms with Crippen molar-refractivity contribution in [2.75, 3.05) is 5.32 Å². The molecular weight excluding hydrogens is 224 g/mol. The minimum absolute atomic E-state index is 0.130. The van der Waals surface area contributed by atoms with Gasteiger partial charge in [0.15, 0.2) is 0 Å². The number of carbonyl (C=O) groups excluding carboxylic acids is 1. The minimum Gasteiger partial charge on any atom is -0.480 e. The second-order valence-electron chi connectivity index (χ2n) is 3.35. The van der Waals surface area contributed by atoms with E-state index in [1.807, 2.05) is 6.92 Å². The van der Waals surface area contributed by atoms with Crippen molar-refractivity contribution < 1.29 is 14.7 Å². The zero-order valence-corrected chi connectivity index (χ0v) is 9.38. The molecule has 0 aliphatic carbocycles. The molecule has 1 atom stereocenters. The molecule has 2 amide bonds. The normalized spacial score (nSPS) is 11.6. The highest BCUT2D eigenvalue weighted by molar-refractivity contribution is 5.90. The van der Waals surface area contributed by atoms with Gasteiger partial charge < -0.3 is 10.4 Å². The molecule has 3 N–H and O–H groups in total. The van der Waals surface area contributed by atoms with Gasteiger partial charge in [0, 0.05) is 12.4 Å². The number of hydrogen-bond donors (Lipinski definition) is 3. The predicted octanol–water partition coefficient (Wildman–Crippen LogP) is 0.851. The van der Waals surface area contributed by atoms with E-state index < -0.39 is 18.0 Å². The van der Waals surface area contributed by atoms with Crippen LogP contribution in [0.3, 0.4) is 0 Å². The first-order valence-electron chi connectivity index (χ1n) is 5.20. The lowest BCUT2D eigenvalue weighted by molar-refractivity contribution is -0.139. The fourth-order valence-corrected chi connectivity index (χ4v) is 1.21. The first-order valence-corrected chi connectivity index (χ1v) is 5.20. The van der Waals surface area contributed by atoms with Crippen LogP contribution in [0.1, 0.15) is 19.8 Å². The second-order valence-corrected chi connectivity index (χ2v) is 3.35. The van der Waals surface area contributed by atoms with Crippen molar-refractivity contribution >= 4 is 17.9 Å². The van der Waals surface area contributed by atoms with E-state index in [0.29, 0.717) is 12.8 Å². The second kappa shape index (κ2) is 6.41. The van der Waals surface area contributed by atoms with Crippen molar-refractivity contribution in [1.29, 1.82) is 0 Å². The Morgan fingerprint density at radius 2 is 2.06 bits per heavy atom. The van der Waals surface area contributed by atoms with Crippen LogP contribution in [0.15, 0.2) is 18.5 Å². The van der Waals surface area contributed by atoms with Gasteiger partial charge in [0.1, 0.15) is 6.04 Å². The molecule has 1 rings (SSSR count). The van der Waals surface area contributed by atoms with Crippen molar-refractivity contribution in [3.05, 3.63) is 18.5 Å². The number of carboxylic acids is 1. The number of aliphatic carboxylic acids is 1. The molecule has 0 spiro atoms. The zero-order valence-electron chi connectivity index (χ0n) is 9.38. The summed E-state index contributed by atoms with van der Waals surface area (Å²) in [5.74, 6) is -0.929. The number of nitrogens with zero attached hydrogens (tertiary/aromatic N) is 2. The molecule has 0 fully saturated rings. The lowest BCUT2D eigenvalue weighted by Crippen LogP contribution is -2.43. The summed E-state index contributed by atoms with van der Waals surface area (Å²) >= 11 is 0. The van der Waals surface area contributed by atoms with E-state index in [1.165, 1.54) is 12.4 Å². The quantitative estimate of drug-likeness (QED) is 0.705. The Hall–Kier alpha value is -2.18. The van der Waals surface area contributed by atoms with Gasteiger partial charge in [0.2, 0.25) is 5.95 Å². The fourth-order valence-electron chi connectivity index (χ4n) is 1.21. The molecule has 7 heteroatoms. The van der Waals surface area contributed by atoms with Crippen molar-refractivity contribution in [1.82, 2.24) is 15.3 Å². The molecule has 92 valence electrons. The maximum atomic E-state index is 11.4. The van der Waals surface area contributed by atoms with Crippen molar-refractivity contribution in [2.45, 2.75) is 25.8 Å². The number of urea groups is 1. The Bertz CT molecular complexity index is 382. The number of anilines is 1. The summed E-state index contributed by atoms with van der Waals surface area (Å²) in [6.07, 6.45) is 3.99. The van der Waals surface area contributed by atoms with Gasteiger partial charge in [-0.1, -0.05) is 13.3 Å². The van der Waals surface area contributed by atoms with Crippen LogP contribution < -0.4 is 10.6 Å². The average Bonchev–Trinajstić information content (AvgIpc) is 2.29. The SMILES string of the molecule is CCC[C@@H](NC(=O)Nc1ncccn1)C(=O)O. The van der Waals surface area contributed by atoms with Crippen LogP contribution in [0, 0.1) is 0 Å². The summed E-state index contributed by atoms with van der Waals surface area (Å²) in [7, 11) is 0. The standard InChI is InChI=1S/C10H14N4O3/c1-2-4-7(8(15)16)13-10(17)14-9-11-5-3-6-12-9/h3,5-7H,2,4H2,1H3,(H,15,16)(H2,11,12,13,14,17)/t7-/m1/s1. The third kappa shape index (κ3) is 4.45. The third-order valence-electron chi connectivity index (χ3n) is 1.97. The number of nitrogens with one attached hydrogen (secondary N) is 2. The molecule has 17 heavy (non-hydrogen) atoms. The minimum atomic E-state index is -1.06. The maximum Gasteiger partial charge on any atom is 0.326 e.